The number of fused-ring (bicyclic) bond motifs is 8. The minimum Gasteiger partial charge on any atom is 0 e. The molecule has 1 radical (unpaired) electrons. The fraction of sp³-hybridized carbons (Fsp3) is 0.185. The van der Waals surface area contributed by atoms with Crippen molar-refractivity contribution in [1.29, 1.82) is 0 Å². The van der Waals surface area contributed by atoms with Crippen LogP contribution in [-0.4, -0.2) is 27.8 Å². The third-order valence-corrected chi connectivity index (χ3v) is 15.6. The van der Waals surface area contributed by atoms with Gasteiger partial charge in [0.2, 0.25) is 0 Å². The van der Waals surface area contributed by atoms with Gasteiger partial charge in [-0.25, -0.2) is 0 Å². The van der Waals surface area contributed by atoms with Gasteiger partial charge in [-0.3, -0.25) is 4.98 Å². The molecule has 0 aliphatic rings. The third kappa shape index (κ3) is 7.64. The minimum atomic E-state index is -2.08. The number of para-hydroxylation sites is 3. The molecule has 3 heterocycles. The maximum atomic E-state index is 7.35. The predicted octanol–water partition coefficient (Wildman–Crippen LogP) is 14.3. The Bertz CT molecular complexity index is 3190. The van der Waals surface area contributed by atoms with Crippen molar-refractivity contribution in [3.05, 3.63) is 168 Å². The van der Waals surface area contributed by atoms with E-state index in [4.69, 9.17) is 13.5 Å². The maximum absolute atomic E-state index is 7.35. The quantitative estimate of drug-likeness (QED) is 0.0947. The number of rotatable bonds is 6. The van der Waals surface area contributed by atoms with Gasteiger partial charge in [-0.2, -0.15) is 0 Å². The summed E-state index contributed by atoms with van der Waals surface area (Å²) >= 11 is -1.83. The smallest absolute Gasteiger partial charge is 0 e. The number of pyridine rings is 1. The maximum Gasteiger partial charge on any atom is 0 e. The van der Waals surface area contributed by atoms with Crippen molar-refractivity contribution in [3.63, 3.8) is 0 Å². The zero-order valence-electron chi connectivity index (χ0n) is 38.0. The zero-order chi connectivity index (χ0) is 43.5. The fourth-order valence-corrected chi connectivity index (χ4v) is 10.4. The predicted molar refractivity (Wildman–Crippen MR) is 252 cm³/mol. The SMILES string of the molecule is CC(C)c1cccc(C(C)C)c1-n1c(-c2[c-]cc3oc4c(ccc5c6ccccc6ccc54)c3c2)nc2ccccc21.[2H]C([2H])([2H])c1c[c-]c(-c2cc[c]([Ge]([CH3])([CH3])[CH3])cn2)cc1.[Ir]. The molecule has 301 valence electrons. The Balaban J connectivity index is 0.000000219. The molecule has 0 bridgehead atoms. The molecule has 60 heavy (non-hydrogen) atoms. The molecule has 7 aromatic carbocycles. The Morgan fingerprint density at radius 1 is 0.667 bits per heavy atom. The summed E-state index contributed by atoms with van der Waals surface area (Å²) in [5, 5.41) is 6.99. The molecule has 0 aliphatic carbocycles. The van der Waals surface area contributed by atoms with E-state index in [1.54, 1.807) is 12.1 Å². The van der Waals surface area contributed by atoms with Crippen LogP contribution in [0.1, 0.15) is 60.3 Å². The topological polar surface area (TPSA) is 43.9 Å². The molecule has 0 unspecified atom stereocenters. The molecule has 6 heteroatoms. The first-order valence-corrected chi connectivity index (χ1v) is 27.8. The normalized spacial score (nSPS) is 12.8. The number of aromatic nitrogens is 3. The van der Waals surface area contributed by atoms with Crippen LogP contribution in [0.3, 0.4) is 0 Å². The van der Waals surface area contributed by atoms with Crippen LogP contribution in [0.15, 0.2) is 144 Å². The number of furan rings is 1. The summed E-state index contributed by atoms with van der Waals surface area (Å²) in [6.45, 7) is 7.00. The Morgan fingerprint density at radius 3 is 2.07 bits per heavy atom. The minimum absolute atomic E-state index is 0. The molecule has 10 rings (SSSR count). The van der Waals surface area contributed by atoms with E-state index < -0.39 is 20.1 Å². The van der Waals surface area contributed by atoms with Gasteiger partial charge in [0.25, 0.3) is 0 Å². The molecule has 3 aromatic heterocycles. The van der Waals surface area contributed by atoms with Crippen molar-refractivity contribution < 1.29 is 28.6 Å². The van der Waals surface area contributed by atoms with Crippen LogP contribution >= 0.6 is 0 Å². The molecule has 0 saturated heterocycles. The van der Waals surface area contributed by atoms with E-state index in [-0.39, 0.29) is 20.1 Å². The molecule has 4 nitrogen and oxygen atoms in total. The summed E-state index contributed by atoms with van der Waals surface area (Å²) in [4.78, 5) is 9.70. The summed E-state index contributed by atoms with van der Waals surface area (Å²) in [6.07, 6.45) is 1.95. The van der Waals surface area contributed by atoms with Crippen molar-refractivity contribution in [1.82, 2.24) is 14.5 Å². The van der Waals surface area contributed by atoms with Crippen LogP contribution in [0.4, 0.5) is 0 Å². The largest absolute Gasteiger partial charge is 0 e. The average Bonchev–Trinajstić information content (AvgIpc) is 3.84. The third-order valence-electron chi connectivity index (χ3n) is 11.4. The molecule has 0 saturated carbocycles. The number of hydrogen-bond acceptors (Lipinski definition) is 3. The molecular weight excluding hydrogens is 971 g/mol. The van der Waals surface area contributed by atoms with Crippen molar-refractivity contribution in [3.8, 4) is 28.3 Å². The van der Waals surface area contributed by atoms with Crippen molar-refractivity contribution in [2.24, 2.45) is 0 Å². The van der Waals surface area contributed by atoms with E-state index in [1.807, 2.05) is 18.3 Å². The first-order valence-electron chi connectivity index (χ1n) is 22.0. The molecule has 0 N–H and O–H groups in total. The van der Waals surface area contributed by atoms with E-state index >= 15 is 0 Å². The number of imidazole rings is 1. The van der Waals surface area contributed by atoms with Crippen LogP contribution in [0.25, 0.3) is 82.8 Å². The van der Waals surface area contributed by atoms with E-state index in [2.05, 4.69) is 170 Å². The second-order valence-electron chi connectivity index (χ2n) is 17.1. The van der Waals surface area contributed by atoms with Gasteiger partial charge >= 0.3 is 110 Å². The molecule has 10 aromatic rings. The van der Waals surface area contributed by atoms with E-state index in [9.17, 15) is 0 Å². The number of nitrogens with zero attached hydrogens (tertiary/aromatic N) is 3. The molecule has 0 spiro atoms. The first-order chi connectivity index (χ1) is 29.7. The molecular formula is C54H49GeIrN3O-2. The van der Waals surface area contributed by atoms with E-state index in [0.29, 0.717) is 17.4 Å². The van der Waals surface area contributed by atoms with E-state index in [0.717, 1.165) is 61.0 Å². The van der Waals surface area contributed by atoms with Gasteiger partial charge in [-0.1, -0.05) is 112 Å². The summed E-state index contributed by atoms with van der Waals surface area (Å²) in [7, 11) is 0. The second kappa shape index (κ2) is 16.6. The van der Waals surface area contributed by atoms with Crippen LogP contribution in [0, 0.1) is 19.0 Å². The molecule has 0 fully saturated rings. The van der Waals surface area contributed by atoms with Crippen LogP contribution < -0.4 is 4.40 Å². The van der Waals surface area contributed by atoms with E-state index in [1.165, 1.54) is 43.4 Å². The molecule has 0 atom stereocenters. The van der Waals surface area contributed by atoms with Crippen LogP contribution in [0.2, 0.25) is 17.3 Å². The Morgan fingerprint density at radius 2 is 1.37 bits per heavy atom. The Kier molecular flexibility index (Phi) is 10.4. The van der Waals surface area contributed by atoms with Crippen molar-refractivity contribution >= 4 is 72.2 Å². The van der Waals surface area contributed by atoms with Crippen molar-refractivity contribution in [2.45, 2.75) is 63.7 Å². The van der Waals surface area contributed by atoms with Crippen molar-refractivity contribution in [2.75, 3.05) is 0 Å². The average molecular weight is 1020 g/mol. The Hall–Kier alpha value is -5.33. The van der Waals surface area contributed by atoms with Gasteiger partial charge in [0.1, 0.15) is 5.58 Å². The number of benzene rings is 7. The monoisotopic (exact) mass is 1030 g/mol. The Labute approximate surface area is 373 Å². The molecule has 0 aliphatic heterocycles. The van der Waals surface area contributed by atoms with Gasteiger partial charge in [0, 0.05) is 36.6 Å². The number of aryl methyl sites for hydroxylation is 1. The second-order valence-corrected chi connectivity index (χ2v) is 27.7. The number of hydrogen-bond donors (Lipinski definition) is 0. The van der Waals surface area contributed by atoms with Gasteiger partial charge < -0.3 is 8.98 Å². The summed E-state index contributed by atoms with van der Waals surface area (Å²) in [5.74, 6) is 8.60. The van der Waals surface area contributed by atoms with Crippen LogP contribution in [0.5, 0.6) is 0 Å². The van der Waals surface area contributed by atoms with Gasteiger partial charge in [-0.15, -0.1) is 23.8 Å². The van der Waals surface area contributed by atoms with Crippen LogP contribution in [-0.2, 0) is 20.1 Å². The summed E-state index contributed by atoms with van der Waals surface area (Å²) < 4.78 is 32.3. The summed E-state index contributed by atoms with van der Waals surface area (Å²) in [5.41, 5.74) is 10.6. The van der Waals surface area contributed by atoms with Gasteiger partial charge in [0.05, 0.1) is 22.4 Å². The standard InChI is InChI=1S/C39H31N2O.C15H18GeN.Ir/c1-23(2)27-12-9-13-28(24(3)4)37(27)41-35-15-8-7-14-34(35)40-39(41)26-17-21-36-33(22-26)32-20-19-30-29-11-6-5-10-25(29)16-18-31(30)38(32)42-36;1-12-5-7-13(8-6-12)15-10-9-14(11-17-15)16(2,3)4;/h5-16,18-24H,1-4H3;5-7,9-11H,1-4H3;/q2*-1;/i;1D3;. The summed E-state index contributed by atoms with van der Waals surface area (Å²) in [6, 6.07) is 52.3. The van der Waals surface area contributed by atoms with Gasteiger partial charge in [0.15, 0.2) is 0 Å². The molecule has 0 amide bonds. The first kappa shape index (κ1) is 37.7. The fourth-order valence-electron chi connectivity index (χ4n) is 8.18. The zero-order valence-corrected chi connectivity index (χ0v) is 39.5. The van der Waals surface area contributed by atoms with Gasteiger partial charge in [-0.05, 0) is 51.3 Å².